The molecule has 1 rings (SSSR count). The van der Waals surface area contributed by atoms with Crippen molar-refractivity contribution in [3.8, 4) is 0 Å². The second-order valence-corrected chi connectivity index (χ2v) is 5.66. The Morgan fingerprint density at radius 2 is 2.12 bits per heavy atom. The monoisotopic (exact) mass is 254 g/mol. The van der Waals surface area contributed by atoms with Crippen molar-refractivity contribution < 1.29 is 17.9 Å². The van der Waals surface area contributed by atoms with Gasteiger partial charge in [-0.05, 0) is 25.1 Å². The minimum absolute atomic E-state index is 0.0956. The van der Waals surface area contributed by atoms with Crippen LogP contribution in [0.25, 0.3) is 0 Å². The molecular weight excluding hydrogens is 240 g/mol. The first-order valence-corrected chi connectivity index (χ1v) is 6.87. The van der Waals surface area contributed by atoms with Crippen molar-refractivity contribution in [1.29, 1.82) is 0 Å². The number of rotatable bonds is 4. The summed E-state index contributed by atoms with van der Waals surface area (Å²) in [6.45, 7) is 5.16. The third-order valence-electron chi connectivity index (χ3n) is 2.12. The fraction of sp³-hybridized carbons (Fsp3) is 0.250. The van der Waals surface area contributed by atoms with Crippen LogP contribution < -0.4 is 0 Å². The molecule has 1 atom stereocenters. The number of sulfone groups is 1. The van der Waals surface area contributed by atoms with E-state index in [0.717, 1.165) is 6.26 Å². The summed E-state index contributed by atoms with van der Waals surface area (Å²) in [6, 6.07) is 5.74. The van der Waals surface area contributed by atoms with Crippen molar-refractivity contribution >= 4 is 15.8 Å². The molecule has 0 aromatic heterocycles. The Hall–Kier alpha value is -1.62. The summed E-state index contributed by atoms with van der Waals surface area (Å²) in [7, 11) is -3.32. The Balaban J connectivity index is 3.00. The maximum Gasteiger partial charge on any atom is 0.338 e. The lowest BCUT2D eigenvalue weighted by molar-refractivity contribution is 0.0425. The van der Waals surface area contributed by atoms with E-state index in [4.69, 9.17) is 4.74 Å². The molecule has 0 bridgehead atoms. The lowest BCUT2D eigenvalue weighted by atomic mass is 10.2. The number of hydrogen-bond donors (Lipinski definition) is 0. The van der Waals surface area contributed by atoms with Gasteiger partial charge in [-0.25, -0.2) is 13.2 Å². The zero-order valence-corrected chi connectivity index (χ0v) is 10.5. The van der Waals surface area contributed by atoms with E-state index in [-0.39, 0.29) is 10.5 Å². The molecule has 0 heterocycles. The highest BCUT2D eigenvalue weighted by Gasteiger charge is 2.13. The van der Waals surface area contributed by atoms with Crippen molar-refractivity contribution in [3.05, 3.63) is 42.5 Å². The molecule has 0 N–H and O–H groups in total. The Morgan fingerprint density at radius 1 is 1.47 bits per heavy atom. The summed E-state index contributed by atoms with van der Waals surface area (Å²) in [5.41, 5.74) is 0.210. The van der Waals surface area contributed by atoms with Gasteiger partial charge in [0.15, 0.2) is 9.84 Å². The predicted molar refractivity (Wildman–Crippen MR) is 64.6 cm³/mol. The molecule has 0 aliphatic carbocycles. The van der Waals surface area contributed by atoms with Crippen LogP contribution in [0.5, 0.6) is 0 Å². The fourth-order valence-corrected chi connectivity index (χ4v) is 1.81. The van der Waals surface area contributed by atoms with Gasteiger partial charge in [0.2, 0.25) is 0 Å². The normalized spacial score (nSPS) is 12.8. The van der Waals surface area contributed by atoms with Crippen LogP contribution in [0, 0.1) is 0 Å². The maximum absolute atomic E-state index is 11.6. The van der Waals surface area contributed by atoms with Gasteiger partial charge in [-0.3, -0.25) is 0 Å². The van der Waals surface area contributed by atoms with Crippen LogP contribution in [-0.2, 0) is 14.6 Å². The van der Waals surface area contributed by atoms with E-state index < -0.39 is 21.9 Å². The first-order chi connectivity index (χ1) is 7.84. The van der Waals surface area contributed by atoms with E-state index in [2.05, 4.69) is 6.58 Å². The van der Waals surface area contributed by atoms with E-state index in [1.807, 2.05) is 0 Å². The molecule has 0 aliphatic heterocycles. The molecule has 0 saturated heterocycles. The molecule has 0 aliphatic rings. The molecule has 4 nitrogen and oxygen atoms in total. The summed E-state index contributed by atoms with van der Waals surface area (Å²) >= 11 is 0. The van der Waals surface area contributed by atoms with Gasteiger partial charge >= 0.3 is 5.97 Å². The molecule has 0 fully saturated rings. The Morgan fingerprint density at radius 3 is 2.65 bits per heavy atom. The molecule has 17 heavy (non-hydrogen) atoms. The smallest absolute Gasteiger partial charge is 0.338 e. The van der Waals surface area contributed by atoms with Gasteiger partial charge < -0.3 is 4.74 Å². The topological polar surface area (TPSA) is 60.4 Å². The maximum atomic E-state index is 11.6. The highest BCUT2D eigenvalue weighted by atomic mass is 32.2. The van der Waals surface area contributed by atoms with E-state index >= 15 is 0 Å². The van der Waals surface area contributed by atoms with Crippen molar-refractivity contribution in [3.63, 3.8) is 0 Å². The highest BCUT2D eigenvalue weighted by Crippen LogP contribution is 2.13. The predicted octanol–water partition coefficient (Wildman–Crippen LogP) is 1.82. The van der Waals surface area contributed by atoms with Crippen molar-refractivity contribution in [1.82, 2.24) is 0 Å². The van der Waals surface area contributed by atoms with Gasteiger partial charge in [0.05, 0.1) is 10.5 Å². The Labute approximate surface area is 101 Å². The van der Waals surface area contributed by atoms with Crippen LogP contribution in [0.1, 0.15) is 17.3 Å². The van der Waals surface area contributed by atoms with Crippen molar-refractivity contribution in [2.24, 2.45) is 0 Å². The summed E-state index contributed by atoms with van der Waals surface area (Å²) in [4.78, 5) is 11.7. The third-order valence-corrected chi connectivity index (χ3v) is 3.23. The first-order valence-electron chi connectivity index (χ1n) is 4.98. The SMILES string of the molecule is C=CC(C)OC(=O)c1cccc(S(C)(=O)=O)c1. The summed E-state index contributed by atoms with van der Waals surface area (Å²) in [5.74, 6) is -0.567. The number of benzene rings is 1. The second kappa shape index (κ2) is 5.14. The number of esters is 1. The minimum Gasteiger partial charge on any atom is -0.455 e. The lowest BCUT2D eigenvalue weighted by Gasteiger charge is -2.09. The van der Waals surface area contributed by atoms with Gasteiger partial charge in [-0.2, -0.15) is 0 Å². The number of carbonyl (C=O) groups is 1. The van der Waals surface area contributed by atoms with Crippen LogP contribution >= 0.6 is 0 Å². The van der Waals surface area contributed by atoms with Gasteiger partial charge in [-0.1, -0.05) is 18.7 Å². The van der Waals surface area contributed by atoms with Gasteiger partial charge in [0.1, 0.15) is 6.10 Å². The minimum atomic E-state index is -3.32. The lowest BCUT2D eigenvalue weighted by Crippen LogP contribution is -2.13. The van der Waals surface area contributed by atoms with Crippen molar-refractivity contribution in [2.75, 3.05) is 6.26 Å². The largest absolute Gasteiger partial charge is 0.455 e. The van der Waals surface area contributed by atoms with E-state index in [0.29, 0.717) is 0 Å². The molecule has 1 aromatic carbocycles. The second-order valence-electron chi connectivity index (χ2n) is 3.65. The molecule has 1 unspecified atom stereocenters. The van der Waals surface area contributed by atoms with Gasteiger partial charge in [-0.15, -0.1) is 0 Å². The quantitative estimate of drug-likeness (QED) is 0.607. The van der Waals surface area contributed by atoms with E-state index in [1.165, 1.54) is 30.3 Å². The average molecular weight is 254 g/mol. The number of hydrogen-bond acceptors (Lipinski definition) is 4. The van der Waals surface area contributed by atoms with E-state index in [9.17, 15) is 13.2 Å². The average Bonchev–Trinajstić information content (AvgIpc) is 2.28. The molecule has 0 saturated carbocycles. The Bertz CT molecular complexity index is 531. The standard InChI is InChI=1S/C12H14O4S/c1-4-9(2)16-12(13)10-6-5-7-11(8-10)17(3,14)15/h4-9H,1H2,2-3H3. The van der Waals surface area contributed by atoms with E-state index in [1.54, 1.807) is 6.92 Å². The molecular formula is C12H14O4S. The fourth-order valence-electron chi connectivity index (χ4n) is 1.14. The molecule has 0 radical (unpaired) electrons. The van der Waals surface area contributed by atoms with Gasteiger partial charge in [0.25, 0.3) is 0 Å². The van der Waals surface area contributed by atoms with Crippen LogP contribution in [0.2, 0.25) is 0 Å². The molecule has 1 aromatic rings. The zero-order valence-electron chi connectivity index (χ0n) is 9.71. The first kappa shape index (κ1) is 13.4. The zero-order chi connectivity index (χ0) is 13.1. The van der Waals surface area contributed by atoms with Crippen LogP contribution in [-0.4, -0.2) is 26.7 Å². The number of ether oxygens (including phenoxy) is 1. The van der Waals surface area contributed by atoms with Crippen LogP contribution in [0.3, 0.4) is 0 Å². The summed E-state index contributed by atoms with van der Waals surface area (Å²) in [6.07, 6.45) is 2.16. The van der Waals surface area contributed by atoms with Gasteiger partial charge in [0, 0.05) is 6.26 Å². The summed E-state index contributed by atoms with van der Waals surface area (Å²) in [5, 5.41) is 0. The van der Waals surface area contributed by atoms with Crippen LogP contribution in [0.4, 0.5) is 0 Å². The van der Waals surface area contributed by atoms with Crippen LogP contribution in [0.15, 0.2) is 41.8 Å². The molecule has 5 heteroatoms. The summed E-state index contributed by atoms with van der Waals surface area (Å²) < 4.78 is 27.6. The molecule has 0 amide bonds. The number of carbonyl (C=O) groups excluding carboxylic acids is 1. The Kier molecular flexibility index (Phi) is 4.07. The molecule has 92 valence electrons. The highest BCUT2D eigenvalue weighted by molar-refractivity contribution is 7.90. The molecule has 0 spiro atoms. The van der Waals surface area contributed by atoms with Crippen molar-refractivity contribution in [2.45, 2.75) is 17.9 Å². The third kappa shape index (κ3) is 3.71.